The van der Waals surface area contributed by atoms with Gasteiger partial charge in [0.05, 0.1) is 0 Å². The highest BCUT2D eigenvalue weighted by atomic mass is 35.5. The van der Waals surface area contributed by atoms with E-state index < -0.39 is 0 Å². The van der Waals surface area contributed by atoms with Gasteiger partial charge in [0.25, 0.3) is 0 Å². The largest absolute Gasteiger partial charge is 0.366 e. The molecule has 0 aromatic carbocycles. The van der Waals surface area contributed by atoms with Crippen molar-refractivity contribution in [3.63, 3.8) is 0 Å². The number of halogens is 1. The second-order valence-corrected chi connectivity index (χ2v) is 4.57. The van der Waals surface area contributed by atoms with E-state index in [0.717, 1.165) is 24.6 Å². The molecule has 0 saturated carbocycles. The number of likely N-dealkylation sites (tertiary alicyclic amines) is 1. The number of rotatable bonds is 2. The van der Waals surface area contributed by atoms with Crippen molar-refractivity contribution in [2.45, 2.75) is 18.9 Å². The predicted octanol–water partition coefficient (Wildman–Crippen LogP) is 1.05. The number of hydrogen-bond acceptors (Lipinski definition) is 5. The topological polar surface area (TPSA) is 58.3 Å². The molecule has 3 rings (SSSR count). The zero-order valence-corrected chi connectivity index (χ0v) is 11.1. The summed E-state index contributed by atoms with van der Waals surface area (Å²) in [5, 5.41) is 15.6. The molecule has 6 nitrogen and oxygen atoms in total. The number of anilines is 1. The number of nitrogens with one attached hydrogen (secondary N) is 1. The van der Waals surface area contributed by atoms with E-state index >= 15 is 0 Å². The molecule has 1 saturated heterocycles. The van der Waals surface area contributed by atoms with Crippen molar-refractivity contribution in [3.05, 3.63) is 18.5 Å². The molecule has 1 aliphatic heterocycles. The molecule has 18 heavy (non-hydrogen) atoms. The first kappa shape index (κ1) is 13.0. The highest BCUT2D eigenvalue weighted by molar-refractivity contribution is 5.85. The molecule has 1 N–H and O–H groups in total. The Balaban J connectivity index is 0.00000120. The van der Waals surface area contributed by atoms with E-state index in [1.165, 1.54) is 12.8 Å². The van der Waals surface area contributed by atoms with Crippen molar-refractivity contribution in [2.24, 2.45) is 0 Å². The fraction of sp³-hybridized carbons (Fsp3) is 0.545. The number of aromatic nitrogens is 4. The molecule has 98 valence electrons. The standard InChI is InChI=1S/C11H16N6.ClH/c1-16-6-4-9(5-7-16)13-10-2-3-11-14-12-8-17(11)15-10;/h2-3,8-9H,4-7H2,1H3,(H,13,15);1H. The van der Waals surface area contributed by atoms with Gasteiger partial charge in [-0.3, -0.25) is 0 Å². The summed E-state index contributed by atoms with van der Waals surface area (Å²) in [6.07, 6.45) is 3.95. The highest BCUT2D eigenvalue weighted by Gasteiger charge is 2.16. The molecule has 0 amide bonds. The fourth-order valence-electron chi connectivity index (χ4n) is 2.17. The molecule has 1 aliphatic rings. The molecule has 0 radical (unpaired) electrons. The second-order valence-electron chi connectivity index (χ2n) is 4.57. The molecule has 0 spiro atoms. The minimum atomic E-state index is 0. The quantitative estimate of drug-likeness (QED) is 0.882. The summed E-state index contributed by atoms with van der Waals surface area (Å²) in [6.45, 7) is 2.29. The van der Waals surface area contributed by atoms with Crippen molar-refractivity contribution >= 4 is 23.9 Å². The first-order valence-electron chi connectivity index (χ1n) is 5.93. The van der Waals surface area contributed by atoms with E-state index in [9.17, 15) is 0 Å². The van der Waals surface area contributed by atoms with Crippen molar-refractivity contribution < 1.29 is 0 Å². The van der Waals surface area contributed by atoms with Gasteiger partial charge in [0.15, 0.2) is 5.65 Å². The first-order chi connectivity index (χ1) is 8.31. The van der Waals surface area contributed by atoms with Gasteiger partial charge in [0, 0.05) is 6.04 Å². The normalized spacial score (nSPS) is 17.6. The van der Waals surface area contributed by atoms with E-state index in [-0.39, 0.29) is 12.4 Å². The van der Waals surface area contributed by atoms with Gasteiger partial charge in [-0.1, -0.05) is 0 Å². The second kappa shape index (κ2) is 5.49. The predicted molar refractivity (Wildman–Crippen MR) is 72.2 cm³/mol. The van der Waals surface area contributed by atoms with Crippen molar-refractivity contribution in [2.75, 3.05) is 25.5 Å². The van der Waals surface area contributed by atoms with Gasteiger partial charge >= 0.3 is 0 Å². The van der Waals surface area contributed by atoms with Crippen molar-refractivity contribution in [1.29, 1.82) is 0 Å². The van der Waals surface area contributed by atoms with Crippen LogP contribution in [0.1, 0.15) is 12.8 Å². The van der Waals surface area contributed by atoms with Gasteiger partial charge in [-0.25, -0.2) is 0 Å². The molecular formula is C11H17ClN6. The minimum absolute atomic E-state index is 0. The van der Waals surface area contributed by atoms with Gasteiger partial charge < -0.3 is 10.2 Å². The monoisotopic (exact) mass is 268 g/mol. The third kappa shape index (κ3) is 2.70. The summed E-state index contributed by atoms with van der Waals surface area (Å²) in [5.41, 5.74) is 0.777. The lowest BCUT2D eigenvalue weighted by Crippen LogP contribution is -2.36. The van der Waals surface area contributed by atoms with Crippen LogP contribution in [0.15, 0.2) is 18.5 Å². The molecule has 2 aromatic heterocycles. The third-order valence-corrected chi connectivity index (χ3v) is 3.23. The van der Waals surface area contributed by atoms with E-state index in [1.807, 2.05) is 12.1 Å². The highest BCUT2D eigenvalue weighted by Crippen LogP contribution is 2.14. The fourth-order valence-corrected chi connectivity index (χ4v) is 2.17. The third-order valence-electron chi connectivity index (χ3n) is 3.23. The molecule has 0 bridgehead atoms. The lowest BCUT2D eigenvalue weighted by molar-refractivity contribution is 0.263. The van der Waals surface area contributed by atoms with Gasteiger partial charge in [0.2, 0.25) is 0 Å². The number of hydrogen-bond donors (Lipinski definition) is 1. The minimum Gasteiger partial charge on any atom is -0.366 e. The molecule has 0 unspecified atom stereocenters. The summed E-state index contributed by atoms with van der Waals surface area (Å²) in [5.74, 6) is 0.895. The van der Waals surface area contributed by atoms with E-state index in [4.69, 9.17) is 0 Å². The Labute approximate surface area is 112 Å². The van der Waals surface area contributed by atoms with E-state index in [0.29, 0.717) is 6.04 Å². The maximum Gasteiger partial charge on any atom is 0.177 e. The molecule has 7 heteroatoms. The maximum atomic E-state index is 4.42. The van der Waals surface area contributed by atoms with Crippen LogP contribution in [-0.4, -0.2) is 50.9 Å². The number of fused-ring (bicyclic) bond motifs is 1. The molecule has 0 atom stereocenters. The summed E-state index contributed by atoms with van der Waals surface area (Å²) in [4.78, 5) is 2.36. The van der Waals surface area contributed by atoms with Crippen LogP contribution in [-0.2, 0) is 0 Å². The lowest BCUT2D eigenvalue weighted by atomic mass is 10.1. The summed E-state index contributed by atoms with van der Waals surface area (Å²) in [6, 6.07) is 4.41. The molecule has 3 heterocycles. The van der Waals surface area contributed by atoms with Crippen LogP contribution >= 0.6 is 12.4 Å². The Morgan fingerprint density at radius 3 is 2.83 bits per heavy atom. The zero-order valence-electron chi connectivity index (χ0n) is 10.3. The van der Waals surface area contributed by atoms with Gasteiger partial charge in [-0.2, -0.15) is 4.52 Å². The average Bonchev–Trinajstić information content (AvgIpc) is 2.79. The Morgan fingerprint density at radius 1 is 1.28 bits per heavy atom. The smallest absolute Gasteiger partial charge is 0.177 e. The van der Waals surface area contributed by atoms with Crippen LogP contribution in [0.25, 0.3) is 5.65 Å². The summed E-state index contributed by atoms with van der Waals surface area (Å²) < 4.78 is 1.69. The first-order valence-corrected chi connectivity index (χ1v) is 5.93. The molecular weight excluding hydrogens is 252 g/mol. The molecule has 2 aromatic rings. The van der Waals surface area contributed by atoms with E-state index in [1.54, 1.807) is 10.8 Å². The Morgan fingerprint density at radius 2 is 2.06 bits per heavy atom. The molecule has 1 fully saturated rings. The van der Waals surface area contributed by atoms with Gasteiger partial charge in [-0.05, 0) is 45.1 Å². The Hall–Kier alpha value is -1.40. The van der Waals surface area contributed by atoms with Crippen LogP contribution in [0.2, 0.25) is 0 Å². The number of piperidine rings is 1. The SMILES string of the molecule is CN1CCC(Nc2ccc3nncn3n2)CC1.Cl. The summed E-state index contributed by atoms with van der Waals surface area (Å²) >= 11 is 0. The number of nitrogens with zero attached hydrogens (tertiary/aromatic N) is 5. The van der Waals surface area contributed by atoms with Crippen LogP contribution in [0.4, 0.5) is 5.82 Å². The maximum absolute atomic E-state index is 4.42. The average molecular weight is 269 g/mol. The van der Waals surface area contributed by atoms with Crippen LogP contribution in [0.5, 0.6) is 0 Å². The zero-order chi connectivity index (χ0) is 11.7. The van der Waals surface area contributed by atoms with Crippen molar-refractivity contribution in [1.82, 2.24) is 24.7 Å². The van der Waals surface area contributed by atoms with Crippen molar-refractivity contribution in [3.8, 4) is 0 Å². The Bertz CT molecular complexity index is 505. The van der Waals surface area contributed by atoms with Gasteiger partial charge in [0.1, 0.15) is 12.1 Å². The molecule has 0 aliphatic carbocycles. The van der Waals surface area contributed by atoms with Crippen LogP contribution in [0, 0.1) is 0 Å². The van der Waals surface area contributed by atoms with Gasteiger partial charge in [-0.15, -0.1) is 27.7 Å². The van der Waals surface area contributed by atoms with E-state index in [2.05, 4.69) is 32.6 Å². The Kier molecular flexibility index (Phi) is 3.98. The van der Waals surface area contributed by atoms with Crippen LogP contribution < -0.4 is 5.32 Å². The lowest BCUT2D eigenvalue weighted by Gasteiger charge is -2.29. The van der Waals surface area contributed by atoms with Crippen LogP contribution in [0.3, 0.4) is 0 Å². The summed E-state index contributed by atoms with van der Waals surface area (Å²) in [7, 11) is 2.16.